The van der Waals surface area contributed by atoms with Crippen molar-refractivity contribution in [2.24, 2.45) is 0 Å². The van der Waals surface area contributed by atoms with Gasteiger partial charge in [0, 0.05) is 18.0 Å². The zero-order chi connectivity index (χ0) is 13.8. The first-order valence-corrected chi connectivity index (χ1v) is 6.18. The topological polar surface area (TPSA) is 38.8 Å². The molecule has 2 rings (SSSR count). The number of fused-ring (bicyclic) bond motifs is 1. The van der Waals surface area contributed by atoms with Gasteiger partial charge in [0.05, 0.1) is 6.54 Å². The third kappa shape index (κ3) is 3.26. The summed E-state index contributed by atoms with van der Waals surface area (Å²) in [5.41, 5.74) is 0.273. The Morgan fingerprint density at radius 2 is 2.11 bits per heavy atom. The highest BCUT2D eigenvalue weighted by atomic mass is 35.5. The second-order valence-electron chi connectivity index (χ2n) is 3.90. The Balaban J connectivity index is 2.16. The summed E-state index contributed by atoms with van der Waals surface area (Å²) in [4.78, 5) is 13.1. The fourth-order valence-corrected chi connectivity index (χ4v) is 1.96. The molecule has 0 atom stereocenters. The maximum Gasteiger partial charge on any atom is 0.255 e. The maximum absolute atomic E-state index is 12.4. The first-order chi connectivity index (χ1) is 9.11. The summed E-state index contributed by atoms with van der Waals surface area (Å²) in [7, 11) is 0. The fraction of sp³-hybridized carbons (Fsp3) is 0.417. The van der Waals surface area contributed by atoms with Gasteiger partial charge in [-0.25, -0.2) is 8.78 Å². The zero-order valence-electron chi connectivity index (χ0n) is 9.94. The van der Waals surface area contributed by atoms with E-state index in [1.165, 1.54) is 12.1 Å². The third-order valence-electron chi connectivity index (χ3n) is 2.62. The van der Waals surface area contributed by atoms with Crippen molar-refractivity contribution >= 4 is 17.5 Å². The van der Waals surface area contributed by atoms with Crippen LogP contribution < -0.4 is 9.47 Å². The number of hydrogen-bond donors (Lipinski definition) is 0. The van der Waals surface area contributed by atoms with Crippen molar-refractivity contribution in [2.45, 2.75) is 6.43 Å². The number of hydrogen-bond acceptors (Lipinski definition) is 3. The van der Waals surface area contributed by atoms with E-state index in [0.717, 1.165) is 4.90 Å². The Morgan fingerprint density at radius 1 is 1.37 bits per heavy atom. The van der Waals surface area contributed by atoms with E-state index in [0.29, 0.717) is 11.5 Å². The van der Waals surface area contributed by atoms with Gasteiger partial charge < -0.3 is 14.4 Å². The predicted octanol–water partition coefficient (Wildman–Crippen LogP) is 2.36. The molecule has 0 radical (unpaired) electrons. The lowest BCUT2D eigenvalue weighted by molar-refractivity contribution is 0.0571. The number of carbonyl (C=O) groups is 1. The maximum atomic E-state index is 12.4. The van der Waals surface area contributed by atoms with Crippen LogP contribution in [0.4, 0.5) is 8.78 Å². The molecule has 1 aromatic rings. The van der Waals surface area contributed by atoms with Crippen molar-refractivity contribution < 1.29 is 23.0 Å². The number of benzene rings is 1. The summed E-state index contributed by atoms with van der Waals surface area (Å²) >= 11 is 5.52. The molecule has 4 nitrogen and oxygen atoms in total. The lowest BCUT2D eigenvalue weighted by atomic mass is 10.1. The van der Waals surface area contributed by atoms with Crippen LogP contribution in [0.25, 0.3) is 0 Å². The molecule has 1 heterocycles. The molecule has 104 valence electrons. The van der Waals surface area contributed by atoms with Crippen LogP contribution in [0.2, 0.25) is 0 Å². The van der Waals surface area contributed by atoms with Gasteiger partial charge in [-0.15, -0.1) is 11.6 Å². The van der Waals surface area contributed by atoms with Gasteiger partial charge in [0.15, 0.2) is 11.5 Å². The van der Waals surface area contributed by atoms with Crippen molar-refractivity contribution in [3.05, 3.63) is 23.8 Å². The van der Waals surface area contributed by atoms with E-state index in [4.69, 9.17) is 21.1 Å². The average Bonchev–Trinajstić information content (AvgIpc) is 2.84. The van der Waals surface area contributed by atoms with Gasteiger partial charge in [-0.1, -0.05) is 0 Å². The molecule has 0 saturated carbocycles. The Hall–Kier alpha value is -1.56. The van der Waals surface area contributed by atoms with Crippen LogP contribution in [0.3, 0.4) is 0 Å². The van der Waals surface area contributed by atoms with Crippen LogP contribution in [0.15, 0.2) is 18.2 Å². The number of amides is 1. The van der Waals surface area contributed by atoms with Gasteiger partial charge >= 0.3 is 0 Å². The summed E-state index contributed by atoms with van der Waals surface area (Å²) in [6.07, 6.45) is -2.60. The third-order valence-corrected chi connectivity index (χ3v) is 2.79. The Kier molecular flexibility index (Phi) is 4.42. The number of halogens is 3. The standard InChI is InChI=1S/C12H12ClF2NO3/c13-3-4-16(6-11(14)15)12(17)8-1-2-9-10(5-8)19-7-18-9/h1-2,5,11H,3-4,6-7H2. The van der Waals surface area contributed by atoms with Gasteiger partial charge in [-0.3, -0.25) is 4.79 Å². The molecule has 1 amide bonds. The quantitative estimate of drug-likeness (QED) is 0.782. The molecule has 0 spiro atoms. The van der Waals surface area contributed by atoms with Crippen LogP contribution in [-0.4, -0.2) is 43.0 Å². The largest absolute Gasteiger partial charge is 0.454 e. The van der Waals surface area contributed by atoms with Crippen LogP contribution >= 0.6 is 11.6 Å². The van der Waals surface area contributed by atoms with E-state index in [1.54, 1.807) is 6.07 Å². The molecular formula is C12H12ClF2NO3. The van der Waals surface area contributed by atoms with Crippen LogP contribution in [-0.2, 0) is 0 Å². The molecule has 1 aliphatic rings. The molecule has 0 saturated heterocycles. The Bertz CT molecular complexity index is 470. The molecule has 1 aliphatic heterocycles. The minimum atomic E-state index is -2.60. The lowest BCUT2D eigenvalue weighted by Crippen LogP contribution is -2.36. The van der Waals surface area contributed by atoms with Crippen LogP contribution in [0.1, 0.15) is 10.4 Å². The normalized spacial score (nSPS) is 12.8. The van der Waals surface area contributed by atoms with Crippen LogP contribution in [0, 0.1) is 0 Å². The summed E-state index contributed by atoms with van der Waals surface area (Å²) < 4.78 is 35.1. The Labute approximate surface area is 113 Å². The smallest absolute Gasteiger partial charge is 0.255 e. The van der Waals surface area contributed by atoms with E-state index in [1.807, 2.05) is 0 Å². The van der Waals surface area contributed by atoms with Gasteiger partial charge in [0.1, 0.15) is 0 Å². The van der Waals surface area contributed by atoms with Gasteiger partial charge in [-0.05, 0) is 18.2 Å². The number of ether oxygens (including phenoxy) is 2. The monoisotopic (exact) mass is 291 g/mol. The molecule has 7 heteroatoms. The number of carbonyl (C=O) groups excluding carboxylic acids is 1. The van der Waals surface area contributed by atoms with E-state index in [-0.39, 0.29) is 24.8 Å². The summed E-state index contributed by atoms with van der Waals surface area (Å²) in [6.45, 7) is -0.478. The minimum Gasteiger partial charge on any atom is -0.454 e. The number of nitrogens with zero attached hydrogens (tertiary/aromatic N) is 1. The number of alkyl halides is 3. The highest BCUT2D eigenvalue weighted by molar-refractivity contribution is 6.18. The van der Waals surface area contributed by atoms with E-state index in [9.17, 15) is 13.6 Å². The molecule has 0 N–H and O–H groups in total. The highest BCUT2D eigenvalue weighted by Crippen LogP contribution is 2.32. The average molecular weight is 292 g/mol. The molecule has 0 bridgehead atoms. The lowest BCUT2D eigenvalue weighted by Gasteiger charge is -2.21. The predicted molar refractivity (Wildman–Crippen MR) is 65.2 cm³/mol. The van der Waals surface area contributed by atoms with Crippen molar-refractivity contribution in [1.29, 1.82) is 0 Å². The van der Waals surface area contributed by atoms with Gasteiger partial charge in [0.2, 0.25) is 6.79 Å². The molecule has 1 aromatic carbocycles. The molecule has 0 fully saturated rings. The Morgan fingerprint density at radius 3 is 2.79 bits per heavy atom. The molecule has 19 heavy (non-hydrogen) atoms. The SMILES string of the molecule is O=C(c1ccc2c(c1)OCO2)N(CCCl)CC(F)F. The van der Waals surface area contributed by atoms with Gasteiger partial charge in [0.25, 0.3) is 12.3 Å². The molecular weight excluding hydrogens is 280 g/mol. The minimum absolute atomic E-state index is 0.0686. The van der Waals surface area contributed by atoms with Crippen molar-refractivity contribution in [3.63, 3.8) is 0 Å². The second-order valence-corrected chi connectivity index (χ2v) is 4.28. The zero-order valence-corrected chi connectivity index (χ0v) is 10.7. The first-order valence-electron chi connectivity index (χ1n) is 5.65. The van der Waals surface area contributed by atoms with Crippen LogP contribution in [0.5, 0.6) is 11.5 Å². The van der Waals surface area contributed by atoms with E-state index < -0.39 is 18.9 Å². The van der Waals surface area contributed by atoms with Crippen molar-refractivity contribution in [2.75, 3.05) is 25.8 Å². The van der Waals surface area contributed by atoms with E-state index >= 15 is 0 Å². The van der Waals surface area contributed by atoms with Gasteiger partial charge in [-0.2, -0.15) is 0 Å². The van der Waals surface area contributed by atoms with E-state index in [2.05, 4.69) is 0 Å². The van der Waals surface area contributed by atoms with Crippen molar-refractivity contribution in [3.8, 4) is 11.5 Å². The first kappa shape index (κ1) is 13.9. The summed E-state index contributed by atoms with van der Waals surface area (Å²) in [5.74, 6) is 0.575. The molecule has 0 aliphatic carbocycles. The molecule has 0 unspecified atom stereocenters. The molecule has 0 aromatic heterocycles. The summed E-state index contributed by atoms with van der Waals surface area (Å²) in [6, 6.07) is 4.58. The highest BCUT2D eigenvalue weighted by Gasteiger charge is 2.22. The second kappa shape index (κ2) is 6.06. The van der Waals surface area contributed by atoms with Crippen molar-refractivity contribution in [1.82, 2.24) is 4.90 Å². The number of rotatable bonds is 5. The summed E-state index contributed by atoms with van der Waals surface area (Å²) in [5, 5.41) is 0. The fourth-order valence-electron chi connectivity index (χ4n) is 1.76.